The first-order chi connectivity index (χ1) is 14.2. The maximum Gasteiger partial charge on any atom is 0.323 e. The normalized spacial score (nSPS) is 12.6. The number of amides is 4. The Morgan fingerprint density at radius 2 is 1.31 bits per heavy atom. The van der Waals surface area contributed by atoms with Gasteiger partial charge in [0.25, 0.3) is 0 Å². The van der Waals surface area contributed by atoms with Gasteiger partial charge < -0.3 is 20.9 Å². The molecular formula is C23H22N4O2. The molecule has 1 aliphatic rings. The van der Waals surface area contributed by atoms with Crippen LogP contribution in [0.15, 0.2) is 78.9 Å². The van der Waals surface area contributed by atoms with Gasteiger partial charge in [0.1, 0.15) is 0 Å². The third-order valence-corrected chi connectivity index (χ3v) is 4.82. The number of nitrogens with one attached hydrogen (secondary N) is 3. The lowest BCUT2D eigenvalue weighted by Gasteiger charge is -2.29. The molecule has 146 valence electrons. The Labute approximate surface area is 169 Å². The molecule has 0 aromatic heterocycles. The minimum atomic E-state index is -0.340. The van der Waals surface area contributed by atoms with Crippen molar-refractivity contribution in [3.8, 4) is 0 Å². The smallest absolute Gasteiger partial charge is 0.320 e. The van der Waals surface area contributed by atoms with Crippen molar-refractivity contribution in [3.63, 3.8) is 0 Å². The van der Waals surface area contributed by atoms with Crippen LogP contribution in [-0.4, -0.2) is 23.5 Å². The molecular weight excluding hydrogens is 364 g/mol. The van der Waals surface area contributed by atoms with Gasteiger partial charge in [0.2, 0.25) is 0 Å². The molecule has 0 spiro atoms. The van der Waals surface area contributed by atoms with E-state index in [0.29, 0.717) is 30.2 Å². The summed E-state index contributed by atoms with van der Waals surface area (Å²) in [5.74, 6) is 0. The number of hydrogen-bond acceptors (Lipinski definition) is 2. The van der Waals surface area contributed by atoms with E-state index in [-0.39, 0.29) is 12.1 Å². The second-order valence-corrected chi connectivity index (χ2v) is 6.90. The second kappa shape index (κ2) is 8.48. The number of carbonyl (C=O) groups excluding carboxylic acids is 2. The molecule has 0 bridgehead atoms. The molecule has 0 saturated heterocycles. The lowest BCUT2D eigenvalue weighted by molar-refractivity contribution is 0.206. The summed E-state index contributed by atoms with van der Waals surface area (Å²) >= 11 is 0. The number of para-hydroxylation sites is 1. The Morgan fingerprint density at radius 1 is 0.690 bits per heavy atom. The molecule has 1 aliphatic heterocycles. The van der Waals surface area contributed by atoms with Gasteiger partial charge in [0, 0.05) is 30.2 Å². The molecule has 0 radical (unpaired) electrons. The maximum absolute atomic E-state index is 12.7. The lowest BCUT2D eigenvalue weighted by atomic mass is 10.0. The molecule has 0 fully saturated rings. The van der Waals surface area contributed by atoms with Gasteiger partial charge >= 0.3 is 12.1 Å². The zero-order valence-electron chi connectivity index (χ0n) is 15.9. The van der Waals surface area contributed by atoms with Gasteiger partial charge in [0.05, 0.1) is 0 Å². The van der Waals surface area contributed by atoms with Gasteiger partial charge in [-0.25, -0.2) is 9.59 Å². The molecule has 0 saturated carbocycles. The Morgan fingerprint density at radius 3 is 2.10 bits per heavy atom. The number of benzene rings is 3. The summed E-state index contributed by atoms with van der Waals surface area (Å²) in [4.78, 5) is 26.6. The number of anilines is 3. The van der Waals surface area contributed by atoms with Gasteiger partial charge in [-0.2, -0.15) is 0 Å². The van der Waals surface area contributed by atoms with Crippen molar-refractivity contribution in [3.05, 3.63) is 90.0 Å². The summed E-state index contributed by atoms with van der Waals surface area (Å²) in [5, 5.41) is 8.47. The maximum atomic E-state index is 12.7. The van der Waals surface area contributed by atoms with Crippen LogP contribution in [0, 0.1) is 0 Å². The molecule has 0 unspecified atom stereocenters. The predicted octanol–water partition coefficient (Wildman–Crippen LogP) is 4.92. The summed E-state index contributed by atoms with van der Waals surface area (Å²) in [6.45, 7) is 1.28. The minimum absolute atomic E-state index is 0.148. The van der Waals surface area contributed by atoms with E-state index < -0.39 is 0 Å². The molecule has 3 aromatic carbocycles. The standard InChI is InChI=1S/C23H22N4O2/c28-22(24-19-9-2-1-3-10-19)25-20-11-6-12-21(15-20)26-23(29)27-14-13-17-7-4-5-8-18(17)16-27/h1-12,15H,13-14,16H2,(H,26,29)(H2,24,25,28). The van der Waals surface area contributed by atoms with Crippen molar-refractivity contribution < 1.29 is 9.59 Å². The molecule has 0 aliphatic carbocycles. The molecule has 6 nitrogen and oxygen atoms in total. The van der Waals surface area contributed by atoms with E-state index in [9.17, 15) is 9.59 Å². The van der Waals surface area contributed by atoms with Crippen LogP contribution in [0.4, 0.5) is 26.7 Å². The van der Waals surface area contributed by atoms with Crippen LogP contribution in [0.25, 0.3) is 0 Å². The first kappa shape index (κ1) is 18.6. The van der Waals surface area contributed by atoms with Crippen LogP contribution in [0.5, 0.6) is 0 Å². The van der Waals surface area contributed by atoms with E-state index in [1.54, 1.807) is 29.2 Å². The van der Waals surface area contributed by atoms with Crippen molar-refractivity contribution >= 4 is 29.1 Å². The van der Waals surface area contributed by atoms with Crippen LogP contribution in [0.2, 0.25) is 0 Å². The summed E-state index contributed by atoms with van der Waals surface area (Å²) < 4.78 is 0. The van der Waals surface area contributed by atoms with Gasteiger partial charge in [-0.3, -0.25) is 0 Å². The first-order valence-electron chi connectivity index (χ1n) is 9.53. The Bertz CT molecular complexity index is 1020. The molecule has 3 aromatic rings. The van der Waals surface area contributed by atoms with E-state index >= 15 is 0 Å². The van der Waals surface area contributed by atoms with Gasteiger partial charge in [0.15, 0.2) is 0 Å². The van der Waals surface area contributed by atoms with E-state index in [1.807, 2.05) is 42.5 Å². The highest BCUT2D eigenvalue weighted by atomic mass is 16.2. The fourth-order valence-corrected chi connectivity index (χ4v) is 3.36. The SMILES string of the molecule is O=C(Nc1ccccc1)Nc1cccc(NC(=O)N2CCc3ccccc3C2)c1. The fourth-order valence-electron chi connectivity index (χ4n) is 3.36. The van der Waals surface area contributed by atoms with Crippen molar-refractivity contribution in [1.82, 2.24) is 4.90 Å². The first-order valence-corrected chi connectivity index (χ1v) is 9.53. The third-order valence-electron chi connectivity index (χ3n) is 4.82. The molecule has 1 heterocycles. The third kappa shape index (κ3) is 4.73. The van der Waals surface area contributed by atoms with E-state index in [0.717, 1.165) is 6.42 Å². The summed E-state index contributed by atoms with van der Waals surface area (Å²) in [7, 11) is 0. The van der Waals surface area contributed by atoms with Crippen LogP contribution in [0.1, 0.15) is 11.1 Å². The van der Waals surface area contributed by atoms with E-state index in [1.165, 1.54) is 11.1 Å². The van der Waals surface area contributed by atoms with Crippen molar-refractivity contribution in [2.45, 2.75) is 13.0 Å². The largest absolute Gasteiger partial charge is 0.323 e. The Balaban J connectivity index is 1.36. The topological polar surface area (TPSA) is 73.5 Å². The summed E-state index contributed by atoms with van der Waals surface area (Å²) in [6, 6.07) is 24.0. The highest BCUT2D eigenvalue weighted by Crippen LogP contribution is 2.21. The van der Waals surface area contributed by atoms with Crippen LogP contribution in [-0.2, 0) is 13.0 Å². The molecule has 4 rings (SSSR count). The van der Waals surface area contributed by atoms with E-state index in [2.05, 4.69) is 28.1 Å². The monoisotopic (exact) mass is 386 g/mol. The minimum Gasteiger partial charge on any atom is -0.320 e. The molecule has 4 amide bonds. The Kier molecular flexibility index (Phi) is 5.42. The average molecular weight is 386 g/mol. The van der Waals surface area contributed by atoms with Crippen LogP contribution < -0.4 is 16.0 Å². The molecule has 3 N–H and O–H groups in total. The van der Waals surface area contributed by atoms with Gasteiger partial charge in [-0.15, -0.1) is 0 Å². The average Bonchev–Trinajstić information content (AvgIpc) is 2.74. The fraction of sp³-hybridized carbons (Fsp3) is 0.130. The van der Waals surface area contributed by atoms with Crippen molar-refractivity contribution in [2.24, 2.45) is 0 Å². The highest BCUT2D eigenvalue weighted by Gasteiger charge is 2.20. The lowest BCUT2D eigenvalue weighted by Crippen LogP contribution is -2.38. The second-order valence-electron chi connectivity index (χ2n) is 6.90. The number of rotatable bonds is 3. The number of nitrogens with zero attached hydrogens (tertiary/aromatic N) is 1. The van der Waals surface area contributed by atoms with Crippen molar-refractivity contribution in [2.75, 3.05) is 22.5 Å². The molecule has 6 heteroatoms. The number of carbonyl (C=O) groups is 2. The summed E-state index contributed by atoms with van der Waals surface area (Å²) in [5.41, 5.74) is 4.42. The number of urea groups is 2. The van der Waals surface area contributed by atoms with Crippen molar-refractivity contribution in [1.29, 1.82) is 0 Å². The number of hydrogen-bond donors (Lipinski definition) is 3. The summed E-state index contributed by atoms with van der Waals surface area (Å²) in [6.07, 6.45) is 0.852. The highest BCUT2D eigenvalue weighted by molar-refractivity contribution is 6.00. The number of fused-ring (bicyclic) bond motifs is 1. The molecule has 29 heavy (non-hydrogen) atoms. The quantitative estimate of drug-likeness (QED) is 0.598. The zero-order chi connectivity index (χ0) is 20.1. The van der Waals surface area contributed by atoms with Gasteiger partial charge in [-0.1, -0.05) is 48.5 Å². The zero-order valence-corrected chi connectivity index (χ0v) is 15.9. The van der Waals surface area contributed by atoms with Crippen LogP contribution in [0.3, 0.4) is 0 Å². The van der Waals surface area contributed by atoms with Crippen LogP contribution >= 0.6 is 0 Å². The Hall–Kier alpha value is -3.80. The molecule has 0 atom stereocenters. The van der Waals surface area contributed by atoms with E-state index in [4.69, 9.17) is 0 Å². The predicted molar refractivity (Wildman–Crippen MR) is 115 cm³/mol. The van der Waals surface area contributed by atoms with Gasteiger partial charge in [-0.05, 0) is 47.9 Å².